The molecule has 2 saturated carbocycles. The van der Waals surface area contributed by atoms with Crippen molar-refractivity contribution in [3.05, 3.63) is 66.8 Å². The second-order valence-corrected chi connectivity index (χ2v) is 10.6. The molecule has 2 fully saturated rings. The van der Waals surface area contributed by atoms with E-state index in [1.165, 1.54) is 0 Å². The van der Waals surface area contributed by atoms with Gasteiger partial charge in [-0.2, -0.15) is 0 Å². The van der Waals surface area contributed by atoms with Crippen molar-refractivity contribution in [2.75, 3.05) is 10.6 Å². The number of H-pyrrole nitrogens is 1. The third-order valence-corrected chi connectivity index (χ3v) is 8.41. The van der Waals surface area contributed by atoms with Crippen molar-refractivity contribution in [3.63, 3.8) is 0 Å². The fourth-order valence-corrected chi connectivity index (χ4v) is 6.57. The van der Waals surface area contributed by atoms with E-state index in [1.54, 1.807) is 0 Å². The van der Waals surface area contributed by atoms with Gasteiger partial charge in [0.05, 0.1) is 11.0 Å². The molecule has 0 aliphatic heterocycles. The summed E-state index contributed by atoms with van der Waals surface area (Å²) in [5.41, 5.74) is 4.27. The quantitative estimate of drug-likeness (QED) is 0.434. The van der Waals surface area contributed by atoms with E-state index in [0.717, 1.165) is 59.5 Å². The zero-order valence-electron chi connectivity index (χ0n) is 19.4. The summed E-state index contributed by atoms with van der Waals surface area (Å²) in [6, 6.07) is 13.6. The third kappa shape index (κ3) is 3.68. The van der Waals surface area contributed by atoms with Gasteiger partial charge in [0, 0.05) is 28.8 Å². The van der Waals surface area contributed by atoms with Crippen molar-refractivity contribution in [2.45, 2.75) is 25.7 Å². The topological polar surface area (TPSA) is 86.9 Å². The standard InChI is InChI=1S/C29H28N4O2/c34-28(23-13-16-1-3-19(23)11-16)30-21-7-5-18(6-8-21)27-32-25-10-9-22(15-26(25)33-27)31-29(35)24-14-17-2-4-20(24)12-17/h1-10,15-17,19-20,23-24H,11-14H2,(H,30,34)(H,31,35)(H,32,33). The van der Waals surface area contributed by atoms with Crippen LogP contribution in [0.1, 0.15) is 25.7 Å². The Labute approximate surface area is 203 Å². The number of aromatic amines is 1. The molecule has 35 heavy (non-hydrogen) atoms. The predicted molar refractivity (Wildman–Crippen MR) is 136 cm³/mol. The first kappa shape index (κ1) is 20.7. The minimum Gasteiger partial charge on any atom is -0.338 e. The largest absolute Gasteiger partial charge is 0.338 e. The number of nitrogens with zero attached hydrogens (tertiary/aromatic N) is 1. The van der Waals surface area contributed by atoms with Gasteiger partial charge in [0.1, 0.15) is 5.82 Å². The summed E-state index contributed by atoms with van der Waals surface area (Å²) in [7, 11) is 0. The molecular weight excluding hydrogens is 436 g/mol. The molecule has 2 amide bonds. The molecule has 176 valence electrons. The first-order chi connectivity index (χ1) is 17.1. The van der Waals surface area contributed by atoms with Gasteiger partial charge in [-0.25, -0.2) is 4.98 Å². The molecule has 6 atom stereocenters. The van der Waals surface area contributed by atoms with Gasteiger partial charge in [0.2, 0.25) is 11.8 Å². The van der Waals surface area contributed by atoms with Crippen LogP contribution >= 0.6 is 0 Å². The lowest BCUT2D eigenvalue weighted by molar-refractivity contribution is -0.121. The zero-order chi connectivity index (χ0) is 23.5. The van der Waals surface area contributed by atoms with E-state index in [4.69, 9.17) is 4.98 Å². The van der Waals surface area contributed by atoms with Crippen LogP contribution in [0.2, 0.25) is 0 Å². The minimum absolute atomic E-state index is 0.0808. The fourth-order valence-electron chi connectivity index (χ4n) is 6.57. The Hall–Kier alpha value is -3.67. The summed E-state index contributed by atoms with van der Waals surface area (Å²) in [5, 5.41) is 6.19. The van der Waals surface area contributed by atoms with Crippen LogP contribution in [0.15, 0.2) is 66.8 Å². The maximum Gasteiger partial charge on any atom is 0.228 e. The fraction of sp³-hybridized carbons (Fsp3) is 0.345. The average Bonchev–Trinajstić information content (AvgIpc) is 3.70. The van der Waals surface area contributed by atoms with E-state index in [0.29, 0.717) is 23.7 Å². The van der Waals surface area contributed by atoms with Crippen molar-refractivity contribution < 1.29 is 9.59 Å². The maximum absolute atomic E-state index is 12.8. The summed E-state index contributed by atoms with van der Waals surface area (Å²) in [4.78, 5) is 33.6. The number of anilines is 2. The summed E-state index contributed by atoms with van der Waals surface area (Å²) < 4.78 is 0. The van der Waals surface area contributed by atoms with Crippen LogP contribution < -0.4 is 10.6 Å². The lowest BCUT2D eigenvalue weighted by Gasteiger charge is -2.17. The van der Waals surface area contributed by atoms with Gasteiger partial charge in [-0.15, -0.1) is 0 Å². The van der Waals surface area contributed by atoms with Crippen molar-refractivity contribution in [1.29, 1.82) is 0 Å². The van der Waals surface area contributed by atoms with Crippen molar-refractivity contribution >= 4 is 34.2 Å². The number of fused-ring (bicyclic) bond motifs is 5. The Bertz CT molecular complexity index is 1390. The molecule has 1 aromatic heterocycles. The molecule has 0 radical (unpaired) electrons. The zero-order valence-corrected chi connectivity index (χ0v) is 19.4. The molecule has 6 nitrogen and oxygen atoms in total. The Morgan fingerprint density at radius 1 is 0.743 bits per heavy atom. The van der Waals surface area contributed by atoms with Crippen LogP contribution in [-0.4, -0.2) is 21.8 Å². The van der Waals surface area contributed by atoms with E-state index in [-0.39, 0.29) is 23.7 Å². The second-order valence-electron chi connectivity index (χ2n) is 10.6. The van der Waals surface area contributed by atoms with E-state index < -0.39 is 0 Å². The van der Waals surface area contributed by atoms with Gasteiger partial charge in [-0.1, -0.05) is 24.3 Å². The minimum atomic E-state index is 0.0808. The van der Waals surface area contributed by atoms with Gasteiger partial charge in [0.15, 0.2) is 0 Å². The van der Waals surface area contributed by atoms with Crippen LogP contribution in [0.4, 0.5) is 11.4 Å². The first-order valence-corrected chi connectivity index (χ1v) is 12.7. The summed E-state index contributed by atoms with van der Waals surface area (Å²) in [6.07, 6.45) is 13.1. The molecule has 1 heterocycles. The number of imidazole rings is 1. The number of nitrogens with one attached hydrogen (secondary N) is 3. The second kappa shape index (κ2) is 7.94. The monoisotopic (exact) mass is 464 g/mol. The van der Waals surface area contributed by atoms with E-state index >= 15 is 0 Å². The lowest BCUT2D eigenvalue weighted by Crippen LogP contribution is -2.25. The smallest absolute Gasteiger partial charge is 0.228 e. The summed E-state index contributed by atoms with van der Waals surface area (Å²) in [6.45, 7) is 0. The molecule has 3 N–H and O–H groups in total. The van der Waals surface area contributed by atoms with Gasteiger partial charge < -0.3 is 15.6 Å². The highest BCUT2D eigenvalue weighted by molar-refractivity contribution is 5.96. The number of hydrogen-bond acceptors (Lipinski definition) is 3. The van der Waals surface area contributed by atoms with Crippen molar-refractivity contribution in [3.8, 4) is 11.4 Å². The Kier molecular flexibility index (Phi) is 4.69. The van der Waals surface area contributed by atoms with Crippen LogP contribution in [0.3, 0.4) is 0 Å². The Morgan fingerprint density at radius 3 is 1.91 bits per heavy atom. The molecule has 4 aliphatic carbocycles. The molecule has 0 saturated heterocycles. The average molecular weight is 465 g/mol. The summed E-state index contributed by atoms with van der Waals surface area (Å²) in [5.74, 6) is 3.10. The van der Waals surface area contributed by atoms with Crippen molar-refractivity contribution in [1.82, 2.24) is 9.97 Å². The first-order valence-electron chi connectivity index (χ1n) is 12.7. The van der Waals surface area contributed by atoms with Gasteiger partial charge >= 0.3 is 0 Å². The number of benzene rings is 2. The molecule has 3 aromatic rings. The molecule has 4 bridgehead atoms. The number of aromatic nitrogens is 2. The van der Waals surface area contributed by atoms with E-state index in [1.807, 2.05) is 42.5 Å². The van der Waals surface area contributed by atoms with Crippen molar-refractivity contribution in [2.24, 2.45) is 35.5 Å². The van der Waals surface area contributed by atoms with E-state index in [2.05, 4.69) is 39.9 Å². The van der Waals surface area contributed by atoms with Crippen LogP contribution in [0.5, 0.6) is 0 Å². The molecule has 7 rings (SSSR count). The van der Waals surface area contributed by atoms with E-state index in [9.17, 15) is 9.59 Å². The highest BCUT2D eigenvalue weighted by Crippen LogP contribution is 2.44. The SMILES string of the molecule is O=C(Nc1ccc(-c2nc3ccc(NC(=O)C4CC5C=CC4C5)cc3[nH]2)cc1)C1CC2C=CC1C2. The number of rotatable bonds is 5. The highest BCUT2D eigenvalue weighted by atomic mass is 16.2. The molecule has 2 aromatic carbocycles. The Balaban J connectivity index is 1.04. The lowest BCUT2D eigenvalue weighted by atomic mass is 9.93. The molecule has 4 aliphatic rings. The maximum atomic E-state index is 12.8. The van der Waals surface area contributed by atoms with Crippen LogP contribution in [-0.2, 0) is 9.59 Å². The highest BCUT2D eigenvalue weighted by Gasteiger charge is 2.40. The number of carbonyl (C=O) groups excluding carboxylic acids is 2. The summed E-state index contributed by atoms with van der Waals surface area (Å²) >= 11 is 0. The molecule has 0 spiro atoms. The predicted octanol–water partition coefficient (Wildman–Crippen LogP) is 5.53. The molecule has 6 heteroatoms. The van der Waals surface area contributed by atoms with Gasteiger partial charge in [0.25, 0.3) is 0 Å². The number of carbonyl (C=O) groups is 2. The van der Waals surface area contributed by atoms with Crippen LogP contribution in [0.25, 0.3) is 22.4 Å². The number of allylic oxidation sites excluding steroid dienone is 4. The molecular formula is C29H28N4O2. The number of hydrogen-bond donors (Lipinski definition) is 3. The Morgan fingerprint density at radius 2 is 1.34 bits per heavy atom. The van der Waals surface area contributed by atoms with Gasteiger partial charge in [-0.05, 0) is 91.8 Å². The number of amides is 2. The normalized spacial score (nSPS) is 29.8. The van der Waals surface area contributed by atoms with Gasteiger partial charge in [-0.3, -0.25) is 9.59 Å². The van der Waals surface area contributed by atoms with Crippen LogP contribution in [0, 0.1) is 35.5 Å². The molecule has 6 unspecified atom stereocenters. The third-order valence-electron chi connectivity index (χ3n) is 8.41.